The van der Waals surface area contributed by atoms with Crippen molar-refractivity contribution >= 4 is 21.6 Å². The summed E-state index contributed by atoms with van der Waals surface area (Å²) >= 11 is 0. The number of amides is 1. The summed E-state index contributed by atoms with van der Waals surface area (Å²) in [6.07, 6.45) is 0. The first-order valence-electron chi connectivity index (χ1n) is 8.19. The van der Waals surface area contributed by atoms with Gasteiger partial charge in [-0.05, 0) is 56.3 Å². The molecule has 0 aliphatic heterocycles. The topological polar surface area (TPSA) is 93.7 Å². The minimum absolute atomic E-state index is 0.0193. The Balaban J connectivity index is 2.15. The molecule has 2 aromatic rings. The number of rotatable bonds is 8. The fourth-order valence-corrected chi connectivity index (χ4v) is 3.55. The third-order valence-corrected chi connectivity index (χ3v) is 5.13. The number of nitrogens with one attached hydrogen (secondary N) is 2. The quantitative estimate of drug-likeness (QED) is 0.692. The van der Waals surface area contributed by atoms with E-state index in [0.717, 1.165) is 0 Å². The molecule has 0 saturated heterocycles. The molecule has 2 aromatic carbocycles. The molecule has 0 heterocycles. The van der Waals surface area contributed by atoms with Gasteiger partial charge >= 0.3 is 6.61 Å². The second-order valence-corrected chi connectivity index (χ2v) is 7.71. The number of carbonyl (C=O) groups is 1. The van der Waals surface area contributed by atoms with Crippen LogP contribution in [0.25, 0.3) is 0 Å². The van der Waals surface area contributed by atoms with Crippen LogP contribution in [0.15, 0.2) is 47.4 Å². The molecule has 10 heteroatoms. The number of alkyl halides is 2. The first kappa shape index (κ1) is 21.6. The highest BCUT2D eigenvalue weighted by Gasteiger charge is 2.17. The molecule has 0 bridgehead atoms. The molecule has 0 radical (unpaired) electrons. The molecule has 0 spiro atoms. The van der Waals surface area contributed by atoms with Gasteiger partial charge in [0, 0.05) is 17.3 Å². The number of carbonyl (C=O) groups excluding carboxylic acids is 1. The number of ether oxygens (including phenoxy) is 2. The summed E-state index contributed by atoms with van der Waals surface area (Å²) in [5, 5.41) is 2.59. The molecule has 0 unspecified atom stereocenters. The highest BCUT2D eigenvalue weighted by molar-refractivity contribution is 7.89. The molecule has 0 fully saturated rings. The molecule has 0 atom stereocenters. The first-order chi connectivity index (χ1) is 13.1. The zero-order chi connectivity index (χ0) is 20.9. The summed E-state index contributed by atoms with van der Waals surface area (Å²) in [5.41, 5.74) is 0.511. The molecular weight excluding hydrogens is 394 g/mol. The van der Waals surface area contributed by atoms with E-state index in [2.05, 4.69) is 14.8 Å². The van der Waals surface area contributed by atoms with Gasteiger partial charge in [-0.15, -0.1) is 0 Å². The largest absolute Gasteiger partial charge is 0.493 e. The van der Waals surface area contributed by atoms with Gasteiger partial charge in [-0.25, -0.2) is 13.1 Å². The zero-order valence-electron chi connectivity index (χ0n) is 15.4. The fraction of sp³-hybridized carbons (Fsp3) is 0.278. The molecule has 0 aliphatic rings. The van der Waals surface area contributed by atoms with E-state index in [9.17, 15) is 22.0 Å². The van der Waals surface area contributed by atoms with Crippen LogP contribution in [0.3, 0.4) is 0 Å². The molecule has 0 saturated carbocycles. The average molecular weight is 414 g/mol. The SMILES string of the molecule is COc1cc(C(=O)Nc2ccc(S(=O)(=O)NC(C)C)cc2)ccc1OC(F)F. The van der Waals surface area contributed by atoms with Crippen molar-refractivity contribution in [2.75, 3.05) is 12.4 Å². The number of methoxy groups -OCH3 is 1. The standard InChI is InChI=1S/C18H20F2N2O5S/c1-11(2)22-28(24,25)14-7-5-13(6-8-14)21-17(23)12-4-9-15(27-18(19)20)16(10-12)26-3/h4-11,18,22H,1-3H3,(H,21,23). The van der Waals surface area contributed by atoms with Crippen molar-refractivity contribution in [1.29, 1.82) is 0 Å². The third-order valence-electron chi connectivity index (χ3n) is 3.46. The van der Waals surface area contributed by atoms with Gasteiger partial charge in [-0.1, -0.05) is 0 Å². The van der Waals surface area contributed by atoms with Crippen molar-refractivity contribution in [2.24, 2.45) is 0 Å². The number of halogens is 2. The van der Waals surface area contributed by atoms with Crippen molar-refractivity contribution in [3.63, 3.8) is 0 Å². The lowest BCUT2D eigenvalue weighted by Gasteiger charge is -2.12. The van der Waals surface area contributed by atoms with Gasteiger partial charge in [0.15, 0.2) is 11.5 Å². The van der Waals surface area contributed by atoms with Crippen molar-refractivity contribution in [2.45, 2.75) is 31.4 Å². The molecule has 0 aliphatic carbocycles. The van der Waals surface area contributed by atoms with Gasteiger partial charge in [0.2, 0.25) is 10.0 Å². The lowest BCUT2D eigenvalue weighted by Crippen LogP contribution is -2.30. The molecule has 7 nitrogen and oxygen atoms in total. The molecule has 2 N–H and O–H groups in total. The highest BCUT2D eigenvalue weighted by atomic mass is 32.2. The van der Waals surface area contributed by atoms with Gasteiger partial charge in [-0.2, -0.15) is 8.78 Å². The molecule has 28 heavy (non-hydrogen) atoms. The van der Waals surface area contributed by atoms with Gasteiger partial charge in [0.25, 0.3) is 5.91 Å². The number of sulfonamides is 1. The Bertz CT molecular complexity index is 931. The van der Waals surface area contributed by atoms with Gasteiger partial charge < -0.3 is 14.8 Å². The van der Waals surface area contributed by atoms with Crippen LogP contribution in [0, 0.1) is 0 Å². The molecular formula is C18H20F2N2O5S. The van der Waals surface area contributed by atoms with Crippen molar-refractivity contribution in [3.8, 4) is 11.5 Å². The number of hydrogen-bond donors (Lipinski definition) is 2. The summed E-state index contributed by atoms with van der Waals surface area (Å²) in [4.78, 5) is 12.4. The Morgan fingerprint density at radius 1 is 1.04 bits per heavy atom. The van der Waals surface area contributed by atoms with E-state index in [4.69, 9.17) is 4.74 Å². The lowest BCUT2D eigenvalue weighted by molar-refractivity contribution is -0.0512. The number of benzene rings is 2. The van der Waals surface area contributed by atoms with E-state index in [-0.39, 0.29) is 28.0 Å². The number of hydrogen-bond acceptors (Lipinski definition) is 5. The predicted molar refractivity (Wildman–Crippen MR) is 99.5 cm³/mol. The maximum absolute atomic E-state index is 12.4. The smallest absolute Gasteiger partial charge is 0.387 e. The van der Waals surface area contributed by atoms with Gasteiger partial charge in [-0.3, -0.25) is 4.79 Å². The van der Waals surface area contributed by atoms with E-state index in [1.165, 1.54) is 49.6 Å². The lowest BCUT2D eigenvalue weighted by atomic mass is 10.2. The van der Waals surface area contributed by atoms with Crippen LogP contribution in [0.2, 0.25) is 0 Å². The van der Waals surface area contributed by atoms with E-state index in [1.54, 1.807) is 13.8 Å². The number of anilines is 1. The van der Waals surface area contributed by atoms with Crippen LogP contribution in [-0.4, -0.2) is 34.1 Å². The highest BCUT2D eigenvalue weighted by Crippen LogP contribution is 2.29. The second kappa shape index (κ2) is 8.98. The van der Waals surface area contributed by atoms with Crippen molar-refractivity contribution in [1.82, 2.24) is 4.72 Å². The normalized spacial score (nSPS) is 11.5. The summed E-state index contributed by atoms with van der Waals surface area (Å²) in [5.74, 6) is -0.742. The van der Waals surface area contributed by atoms with Gasteiger partial charge in [0.05, 0.1) is 12.0 Å². The third kappa shape index (κ3) is 5.64. The van der Waals surface area contributed by atoms with Crippen LogP contribution in [0.4, 0.5) is 14.5 Å². The second-order valence-electron chi connectivity index (χ2n) is 6.00. The first-order valence-corrected chi connectivity index (χ1v) is 9.67. The maximum atomic E-state index is 12.4. The van der Waals surface area contributed by atoms with Crippen LogP contribution in [0.1, 0.15) is 24.2 Å². The van der Waals surface area contributed by atoms with Crippen LogP contribution >= 0.6 is 0 Å². The molecule has 2 rings (SSSR count). The monoisotopic (exact) mass is 414 g/mol. The fourth-order valence-electron chi connectivity index (χ4n) is 2.30. The summed E-state index contributed by atoms with van der Waals surface area (Å²) in [6, 6.07) is 9.13. The average Bonchev–Trinajstić information content (AvgIpc) is 2.61. The Hall–Kier alpha value is -2.72. The Morgan fingerprint density at radius 2 is 1.68 bits per heavy atom. The molecule has 1 amide bonds. The van der Waals surface area contributed by atoms with E-state index in [0.29, 0.717) is 5.69 Å². The summed E-state index contributed by atoms with van der Waals surface area (Å²) in [7, 11) is -2.37. The Morgan fingerprint density at radius 3 is 2.21 bits per heavy atom. The Labute approximate surface area is 161 Å². The molecule has 0 aromatic heterocycles. The van der Waals surface area contributed by atoms with E-state index >= 15 is 0 Å². The van der Waals surface area contributed by atoms with Gasteiger partial charge in [0.1, 0.15) is 0 Å². The van der Waals surface area contributed by atoms with Crippen molar-refractivity contribution < 1.29 is 31.5 Å². The Kier molecular flexibility index (Phi) is 6.92. The summed E-state index contributed by atoms with van der Waals surface area (Å²) in [6.45, 7) is 0.393. The summed E-state index contributed by atoms with van der Waals surface area (Å²) < 4.78 is 60.7. The molecule has 152 valence electrons. The van der Waals surface area contributed by atoms with Crippen LogP contribution < -0.4 is 19.5 Å². The maximum Gasteiger partial charge on any atom is 0.387 e. The minimum Gasteiger partial charge on any atom is -0.493 e. The van der Waals surface area contributed by atoms with E-state index in [1.807, 2.05) is 0 Å². The van der Waals surface area contributed by atoms with Crippen LogP contribution in [0.5, 0.6) is 11.5 Å². The predicted octanol–water partition coefficient (Wildman–Crippen LogP) is 3.24. The van der Waals surface area contributed by atoms with Crippen molar-refractivity contribution in [3.05, 3.63) is 48.0 Å². The zero-order valence-corrected chi connectivity index (χ0v) is 16.2. The van der Waals surface area contributed by atoms with E-state index < -0.39 is 22.5 Å². The minimum atomic E-state index is -3.64. The van der Waals surface area contributed by atoms with Crippen LogP contribution in [-0.2, 0) is 10.0 Å².